The Balaban J connectivity index is 1.28. The van der Waals surface area contributed by atoms with E-state index >= 15 is 0 Å². The molecule has 0 fully saturated rings. The number of hydrogen-bond donors (Lipinski definition) is 3. The number of rotatable bonds is 9. The molecule has 0 saturated carbocycles. The zero-order chi connectivity index (χ0) is 27.8. The Morgan fingerprint density at radius 3 is 2.59 bits per heavy atom. The lowest BCUT2D eigenvalue weighted by atomic mass is 10.2. The van der Waals surface area contributed by atoms with E-state index in [-0.39, 0.29) is 25.9 Å². The lowest BCUT2D eigenvalue weighted by molar-refractivity contribution is -0.139. The van der Waals surface area contributed by atoms with Crippen LogP contribution in [0, 0.1) is 3.57 Å². The first kappa shape index (κ1) is 28.2. The summed E-state index contributed by atoms with van der Waals surface area (Å²) in [6, 6.07) is 15.7. The highest BCUT2D eigenvalue weighted by molar-refractivity contribution is 14.1. The van der Waals surface area contributed by atoms with Crippen LogP contribution >= 0.6 is 38.5 Å². The number of ether oxygens (including phenoxy) is 4. The van der Waals surface area contributed by atoms with E-state index in [1.54, 1.807) is 42.5 Å². The average molecular weight is 709 g/mol. The van der Waals surface area contributed by atoms with E-state index in [0.29, 0.717) is 37.8 Å². The number of benzene rings is 3. The van der Waals surface area contributed by atoms with Crippen molar-refractivity contribution in [2.24, 2.45) is 5.10 Å². The Morgan fingerprint density at radius 2 is 1.82 bits per heavy atom. The highest BCUT2D eigenvalue weighted by Gasteiger charge is 2.16. The Bertz CT molecular complexity index is 1420. The van der Waals surface area contributed by atoms with Crippen molar-refractivity contribution in [1.29, 1.82) is 0 Å². The van der Waals surface area contributed by atoms with Gasteiger partial charge in [-0.3, -0.25) is 14.4 Å². The molecule has 0 atom stereocenters. The molecule has 202 valence electrons. The van der Waals surface area contributed by atoms with Crippen LogP contribution in [0.15, 0.2) is 64.2 Å². The molecule has 13 heteroatoms. The van der Waals surface area contributed by atoms with Crippen molar-refractivity contribution in [1.82, 2.24) is 10.7 Å². The van der Waals surface area contributed by atoms with Gasteiger partial charge in [0.2, 0.25) is 6.79 Å². The lowest BCUT2D eigenvalue weighted by Gasteiger charge is -2.13. The van der Waals surface area contributed by atoms with Gasteiger partial charge in [0.25, 0.3) is 5.91 Å². The van der Waals surface area contributed by atoms with Gasteiger partial charge in [0, 0.05) is 16.7 Å². The van der Waals surface area contributed by atoms with Crippen molar-refractivity contribution < 1.29 is 33.3 Å². The summed E-state index contributed by atoms with van der Waals surface area (Å²) in [6.45, 7) is 0.0502. The maximum atomic E-state index is 12.3. The largest absolute Gasteiger partial charge is 0.493 e. The molecule has 3 N–H and O–H groups in total. The molecule has 0 unspecified atom stereocenters. The van der Waals surface area contributed by atoms with Crippen LogP contribution in [0.3, 0.4) is 0 Å². The van der Waals surface area contributed by atoms with Gasteiger partial charge >= 0.3 is 11.8 Å². The van der Waals surface area contributed by atoms with Gasteiger partial charge in [-0.15, -0.1) is 0 Å². The third-order valence-electron chi connectivity index (χ3n) is 5.20. The monoisotopic (exact) mass is 708 g/mol. The molecule has 39 heavy (non-hydrogen) atoms. The number of nitrogens with zero attached hydrogens (tertiary/aromatic N) is 1. The van der Waals surface area contributed by atoms with Gasteiger partial charge in [-0.25, -0.2) is 5.43 Å². The predicted octanol–water partition coefficient (Wildman–Crippen LogP) is 3.58. The summed E-state index contributed by atoms with van der Waals surface area (Å²) in [6.07, 6.45) is 1.36. The second-order valence-electron chi connectivity index (χ2n) is 7.95. The van der Waals surface area contributed by atoms with Gasteiger partial charge in [0.1, 0.15) is 0 Å². The molecule has 0 aliphatic carbocycles. The SMILES string of the molecule is COc1cc(/C=N\NC(=O)C(=O)NCc2ccc3c(c2)OCO3)cc(I)c1OCC(=O)Nc1ccc(Br)cc1. The van der Waals surface area contributed by atoms with E-state index in [2.05, 4.69) is 37.1 Å². The van der Waals surface area contributed by atoms with E-state index in [0.717, 1.165) is 10.0 Å². The van der Waals surface area contributed by atoms with Crippen LogP contribution in [-0.2, 0) is 20.9 Å². The summed E-state index contributed by atoms with van der Waals surface area (Å²) in [5, 5.41) is 9.12. The van der Waals surface area contributed by atoms with Crippen LogP contribution in [0.5, 0.6) is 23.0 Å². The molecule has 0 spiro atoms. The zero-order valence-corrected chi connectivity index (χ0v) is 24.2. The summed E-state index contributed by atoms with van der Waals surface area (Å²) in [4.78, 5) is 36.5. The van der Waals surface area contributed by atoms with Crippen LogP contribution < -0.4 is 35.0 Å². The lowest BCUT2D eigenvalue weighted by Crippen LogP contribution is -2.37. The summed E-state index contributed by atoms with van der Waals surface area (Å²) in [5.41, 5.74) is 4.15. The number of fused-ring (bicyclic) bond motifs is 1. The number of carbonyl (C=O) groups is 3. The number of nitrogens with one attached hydrogen (secondary N) is 3. The fraction of sp³-hybridized carbons (Fsp3) is 0.154. The number of methoxy groups -OCH3 is 1. The first-order chi connectivity index (χ1) is 18.8. The summed E-state index contributed by atoms with van der Waals surface area (Å²) >= 11 is 5.39. The van der Waals surface area contributed by atoms with Crippen molar-refractivity contribution in [3.05, 3.63) is 73.8 Å². The molecule has 1 heterocycles. The van der Waals surface area contributed by atoms with Crippen molar-refractivity contribution in [3.8, 4) is 23.0 Å². The van der Waals surface area contributed by atoms with Crippen molar-refractivity contribution in [2.75, 3.05) is 25.8 Å². The number of anilines is 1. The van der Waals surface area contributed by atoms with Gasteiger partial charge in [0.15, 0.2) is 29.6 Å². The molecule has 1 aliphatic heterocycles. The Hall–Kier alpha value is -3.85. The molecule has 0 aromatic heterocycles. The van der Waals surface area contributed by atoms with Crippen LogP contribution in [0.2, 0.25) is 0 Å². The Morgan fingerprint density at radius 1 is 1.05 bits per heavy atom. The maximum Gasteiger partial charge on any atom is 0.329 e. The molecular weight excluding hydrogens is 687 g/mol. The fourth-order valence-electron chi connectivity index (χ4n) is 3.35. The van der Waals surface area contributed by atoms with Crippen molar-refractivity contribution in [2.45, 2.75) is 6.54 Å². The minimum absolute atomic E-state index is 0.130. The number of hydrogen-bond acceptors (Lipinski definition) is 8. The molecule has 11 nitrogen and oxygen atoms in total. The number of hydrazone groups is 1. The average Bonchev–Trinajstić information content (AvgIpc) is 3.40. The molecule has 4 rings (SSSR count). The van der Waals surface area contributed by atoms with Crippen LogP contribution in [0.1, 0.15) is 11.1 Å². The number of amides is 3. The van der Waals surface area contributed by atoms with Gasteiger partial charge in [-0.05, 0) is 82.2 Å². The van der Waals surface area contributed by atoms with Crippen molar-refractivity contribution >= 4 is 68.1 Å². The Kier molecular flexibility index (Phi) is 9.59. The molecule has 1 aliphatic rings. The molecular formula is C26H22BrIN4O7. The molecule has 3 aromatic rings. The van der Waals surface area contributed by atoms with Gasteiger partial charge in [-0.1, -0.05) is 22.0 Å². The Labute approximate surface area is 245 Å². The molecule has 0 saturated heterocycles. The number of halogens is 2. The predicted molar refractivity (Wildman–Crippen MR) is 154 cm³/mol. The topological polar surface area (TPSA) is 137 Å². The second-order valence-corrected chi connectivity index (χ2v) is 10.0. The molecule has 0 bridgehead atoms. The van der Waals surface area contributed by atoms with Crippen LogP contribution in [-0.4, -0.2) is 44.4 Å². The van der Waals surface area contributed by atoms with Crippen LogP contribution in [0.25, 0.3) is 0 Å². The minimum atomic E-state index is -0.926. The van der Waals surface area contributed by atoms with E-state index in [9.17, 15) is 14.4 Å². The fourth-order valence-corrected chi connectivity index (χ4v) is 4.40. The highest BCUT2D eigenvalue weighted by atomic mass is 127. The molecule has 3 amide bonds. The first-order valence-corrected chi connectivity index (χ1v) is 13.2. The normalized spacial score (nSPS) is 11.7. The van der Waals surface area contributed by atoms with E-state index in [4.69, 9.17) is 18.9 Å². The summed E-state index contributed by atoms with van der Waals surface area (Å²) < 4.78 is 23.2. The van der Waals surface area contributed by atoms with Gasteiger partial charge in [0.05, 0.1) is 16.9 Å². The number of carbonyl (C=O) groups excluding carboxylic acids is 3. The third-order valence-corrected chi connectivity index (χ3v) is 6.53. The molecule has 3 aromatic carbocycles. The molecule has 0 radical (unpaired) electrons. The van der Waals surface area contributed by atoms with E-state index in [1.807, 2.05) is 34.7 Å². The van der Waals surface area contributed by atoms with Crippen LogP contribution in [0.4, 0.5) is 5.69 Å². The smallest absolute Gasteiger partial charge is 0.329 e. The summed E-state index contributed by atoms with van der Waals surface area (Å²) in [5.74, 6) is -0.139. The zero-order valence-electron chi connectivity index (χ0n) is 20.5. The third kappa shape index (κ3) is 7.83. The minimum Gasteiger partial charge on any atom is -0.493 e. The van der Waals surface area contributed by atoms with E-state index < -0.39 is 11.8 Å². The highest BCUT2D eigenvalue weighted by Crippen LogP contribution is 2.34. The van der Waals surface area contributed by atoms with Crippen molar-refractivity contribution in [3.63, 3.8) is 0 Å². The standard InChI is InChI=1S/C26H22BrIN4O7/c1-36-22-10-16(8-19(28)24(22)37-13-23(33)31-18-5-3-17(27)4-6-18)12-30-32-26(35)25(34)29-11-15-2-7-20-21(9-15)39-14-38-20/h2-10,12H,11,13-14H2,1H3,(H,29,34)(H,31,33)(H,32,35)/b30-12-. The van der Waals surface area contributed by atoms with Gasteiger partial charge < -0.3 is 29.6 Å². The summed E-state index contributed by atoms with van der Waals surface area (Å²) in [7, 11) is 1.47. The quantitative estimate of drug-likeness (QED) is 0.134. The first-order valence-electron chi connectivity index (χ1n) is 11.4. The second kappa shape index (κ2) is 13.3. The van der Waals surface area contributed by atoms with Gasteiger partial charge in [-0.2, -0.15) is 5.10 Å². The maximum absolute atomic E-state index is 12.3. The van der Waals surface area contributed by atoms with E-state index in [1.165, 1.54) is 13.3 Å².